The Hall–Kier alpha value is -1.95. The number of hydrogen-bond donors (Lipinski definition) is 0. The summed E-state index contributed by atoms with van der Waals surface area (Å²) in [7, 11) is 1.98. The molecular weight excluding hydrogens is 340 g/mol. The summed E-state index contributed by atoms with van der Waals surface area (Å²) in [6, 6.07) is 5.91. The Morgan fingerprint density at radius 3 is 2.89 bits per heavy atom. The first-order valence-corrected chi connectivity index (χ1v) is 10.2. The van der Waals surface area contributed by atoms with Gasteiger partial charge >= 0.3 is 0 Å². The molecule has 0 aromatic carbocycles. The fourth-order valence-corrected chi connectivity index (χ4v) is 4.30. The first-order valence-electron chi connectivity index (χ1n) is 10.2. The molecular formula is C21H32N4O2. The fraction of sp³-hybridized carbons (Fsp3) is 0.667. The molecule has 1 aromatic rings. The van der Waals surface area contributed by atoms with Crippen molar-refractivity contribution in [3.05, 3.63) is 30.1 Å². The lowest BCUT2D eigenvalue weighted by molar-refractivity contribution is -0.143. The summed E-state index contributed by atoms with van der Waals surface area (Å²) in [6.45, 7) is 6.54. The maximum absolute atomic E-state index is 12.6. The van der Waals surface area contributed by atoms with Crippen LogP contribution in [0.1, 0.15) is 38.3 Å². The molecule has 3 rings (SSSR count). The van der Waals surface area contributed by atoms with E-state index in [0.717, 1.165) is 57.6 Å². The van der Waals surface area contributed by atoms with Crippen LogP contribution in [0.2, 0.25) is 0 Å². The van der Waals surface area contributed by atoms with E-state index in [2.05, 4.69) is 11.9 Å². The van der Waals surface area contributed by atoms with E-state index in [1.807, 2.05) is 39.9 Å². The van der Waals surface area contributed by atoms with Crippen LogP contribution in [-0.2, 0) is 16.0 Å². The molecule has 3 heterocycles. The summed E-state index contributed by atoms with van der Waals surface area (Å²) < 4.78 is 0. The number of aromatic nitrogens is 1. The molecule has 0 bridgehead atoms. The van der Waals surface area contributed by atoms with Crippen molar-refractivity contribution in [2.24, 2.45) is 5.41 Å². The van der Waals surface area contributed by atoms with Gasteiger partial charge in [0.1, 0.15) is 0 Å². The Bertz CT molecular complexity index is 651. The molecule has 2 aliphatic rings. The van der Waals surface area contributed by atoms with Gasteiger partial charge < -0.3 is 9.80 Å². The number of carbonyl (C=O) groups excluding carboxylic acids is 2. The lowest BCUT2D eigenvalue weighted by atomic mass is 9.73. The molecule has 0 saturated carbocycles. The van der Waals surface area contributed by atoms with Crippen molar-refractivity contribution in [2.45, 2.75) is 39.0 Å². The molecule has 0 aliphatic carbocycles. The number of hydrogen-bond acceptors (Lipinski definition) is 4. The Kier molecular flexibility index (Phi) is 6.47. The molecule has 2 amide bonds. The highest BCUT2D eigenvalue weighted by atomic mass is 16.2. The first kappa shape index (κ1) is 19.8. The van der Waals surface area contributed by atoms with E-state index < -0.39 is 0 Å². The molecule has 6 heteroatoms. The van der Waals surface area contributed by atoms with Crippen LogP contribution in [-0.4, -0.2) is 77.8 Å². The van der Waals surface area contributed by atoms with Gasteiger partial charge in [0.2, 0.25) is 11.8 Å². The van der Waals surface area contributed by atoms with Gasteiger partial charge in [-0.1, -0.05) is 13.0 Å². The van der Waals surface area contributed by atoms with Crippen LogP contribution in [0.25, 0.3) is 0 Å². The van der Waals surface area contributed by atoms with Crippen LogP contribution < -0.4 is 0 Å². The van der Waals surface area contributed by atoms with E-state index in [1.165, 1.54) is 0 Å². The van der Waals surface area contributed by atoms with Crippen molar-refractivity contribution in [3.63, 3.8) is 0 Å². The van der Waals surface area contributed by atoms with E-state index in [0.29, 0.717) is 19.5 Å². The van der Waals surface area contributed by atoms with Crippen LogP contribution in [0.15, 0.2) is 24.4 Å². The molecule has 2 aliphatic heterocycles. The smallest absolute Gasteiger partial charge is 0.236 e. The van der Waals surface area contributed by atoms with Crippen molar-refractivity contribution in [3.8, 4) is 0 Å². The second-order valence-electron chi connectivity index (χ2n) is 8.14. The minimum absolute atomic E-state index is 0.0662. The number of likely N-dealkylation sites (N-methyl/N-ethyl adjacent to an activating group) is 1. The Balaban J connectivity index is 1.61. The summed E-state index contributed by atoms with van der Waals surface area (Å²) >= 11 is 0. The highest BCUT2D eigenvalue weighted by Gasteiger charge is 2.42. The highest BCUT2D eigenvalue weighted by molar-refractivity contribution is 5.79. The van der Waals surface area contributed by atoms with Gasteiger partial charge in [-0.25, -0.2) is 0 Å². The molecule has 6 nitrogen and oxygen atoms in total. The average Bonchev–Trinajstić information content (AvgIpc) is 2.69. The standard InChI is InChI=1S/C21H32N4O2/c1-3-23(2)15-20(27)24-13-6-10-21(16-24)11-8-19(26)25(17-21)14-9-18-7-4-5-12-22-18/h4-5,7,12H,3,6,8-11,13-17H2,1-2H3. The van der Waals surface area contributed by atoms with Gasteiger partial charge in [-0.05, 0) is 45.0 Å². The number of pyridine rings is 1. The molecule has 1 spiro atoms. The van der Waals surface area contributed by atoms with Crippen molar-refractivity contribution in [2.75, 3.05) is 46.3 Å². The van der Waals surface area contributed by atoms with Gasteiger partial charge in [0.15, 0.2) is 0 Å². The molecule has 27 heavy (non-hydrogen) atoms. The Labute approximate surface area is 162 Å². The second-order valence-corrected chi connectivity index (χ2v) is 8.14. The zero-order chi connectivity index (χ0) is 19.3. The second kappa shape index (κ2) is 8.83. The largest absolute Gasteiger partial charge is 0.342 e. The van der Waals surface area contributed by atoms with E-state index >= 15 is 0 Å². The van der Waals surface area contributed by atoms with Crippen molar-refractivity contribution >= 4 is 11.8 Å². The topological polar surface area (TPSA) is 56.8 Å². The maximum Gasteiger partial charge on any atom is 0.236 e. The summed E-state index contributed by atoms with van der Waals surface area (Å²) in [5.74, 6) is 0.459. The van der Waals surface area contributed by atoms with Crippen LogP contribution in [0.5, 0.6) is 0 Å². The number of amides is 2. The van der Waals surface area contributed by atoms with Crippen molar-refractivity contribution in [1.29, 1.82) is 0 Å². The molecule has 1 aromatic heterocycles. The lowest BCUT2D eigenvalue weighted by Crippen LogP contribution is -2.56. The number of likely N-dealkylation sites (tertiary alicyclic amines) is 2. The third-order valence-corrected chi connectivity index (χ3v) is 6.07. The Morgan fingerprint density at radius 1 is 1.30 bits per heavy atom. The molecule has 1 unspecified atom stereocenters. The van der Waals surface area contributed by atoms with Gasteiger partial charge in [0.05, 0.1) is 6.54 Å². The van der Waals surface area contributed by atoms with Gasteiger partial charge in [0.25, 0.3) is 0 Å². The molecule has 0 radical (unpaired) electrons. The van der Waals surface area contributed by atoms with E-state index in [4.69, 9.17) is 0 Å². The summed E-state index contributed by atoms with van der Waals surface area (Å²) in [6.07, 6.45) is 6.22. The Morgan fingerprint density at radius 2 is 2.15 bits per heavy atom. The highest BCUT2D eigenvalue weighted by Crippen LogP contribution is 2.39. The summed E-state index contributed by atoms with van der Waals surface area (Å²) in [5.41, 5.74) is 1.09. The third kappa shape index (κ3) is 5.06. The molecule has 1 atom stereocenters. The summed E-state index contributed by atoms with van der Waals surface area (Å²) in [5, 5.41) is 0. The van der Waals surface area contributed by atoms with Crippen LogP contribution in [0.4, 0.5) is 0 Å². The monoisotopic (exact) mass is 372 g/mol. The molecule has 148 valence electrons. The summed E-state index contributed by atoms with van der Waals surface area (Å²) in [4.78, 5) is 35.6. The van der Waals surface area contributed by atoms with E-state index in [1.54, 1.807) is 6.20 Å². The number of carbonyl (C=O) groups is 2. The van der Waals surface area contributed by atoms with E-state index in [-0.39, 0.29) is 17.2 Å². The number of rotatable bonds is 6. The van der Waals surface area contributed by atoms with E-state index in [9.17, 15) is 9.59 Å². The predicted molar refractivity (Wildman–Crippen MR) is 105 cm³/mol. The normalized spacial score (nSPS) is 23.3. The zero-order valence-electron chi connectivity index (χ0n) is 16.7. The van der Waals surface area contributed by atoms with Gasteiger partial charge in [-0.2, -0.15) is 0 Å². The van der Waals surface area contributed by atoms with Gasteiger partial charge in [-0.3, -0.25) is 19.5 Å². The fourth-order valence-electron chi connectivity index (χ4n) is 4.30. The SMILES string of the molecule is CCN(C)CC(=O)N1CCCC2(CCC(=O)N(CCc3ccccn3)C2)C1. The molecule has 0 N–H and O–H groups in total. The molecule has 2 saturated heterocycles. The maximum atomic E-state index is 12.6. The van der Waals surface area contributed by atoms with Crippen LogP contribution >= 0.6 is 0 Å². The minimum atomic E-state index is 0.0662. The number of nitrogens with zero attached hydrogens (tertiary/aromatic N) is 4. The van der Waals surface area contributed by atoms with Gasteiger partial charge in [0, 0.05) is 56.3 Å². The third-order valence-electron chi connectivity index (χ3n) is 6.07. The quantitative estimate of drug-likeness (QED) is 0.764. The number of piperidine rings is 2. The van der Waals surface area contributed by atoms with Gasteiger partial charge in [-0.15, -0.1) is 0 Å². The average molecular weight is 373 g/mol. The van der Waals surface area contributed by atoms with Crippen molar-refractivity contribution < 1.29 is 9.59 Å². The van der Waals surface area contributed by atoms with Crippen LogP contribution in [0, 0.1) is 5.41 Å². The predicted octanol–water partition coefficient (Wildman–Crippen LogP) is 1.81. The van der Waals surface area contributed by atoms with Crippen molar-refractivity contribution in [1.82, 2.24) is 19.7 Å². The zero-order valence-corrected chi connectivity index (χ0v) is 16.7. The van der Waals surface area contributed by atoms with Crippen LogP contribution in [0.3, 0.4) is 0 Å². The molecule has 2 fully saturated rings. The first-order chi connectivity index (χ1) is 13.0. The lowest BCUT2D eigenvalue weighted by Gasteiger charge is -2.48. The minimum Gasteiger partial charge on any atom is -0.342 e.